The third-order valence-electron chi connectivity index (χ3n) is 6.50. The fourth-order valence-corrected chi connectivity index (χ4v) is 5.06. The Morgan fingerprint density at radius 1 is 1.13 bits per heavy atom. The van der Waals surface area contributed by atoms with Crippen molar-refractivity contribution < 1.29 is 14.3 Å². The minimum absolute atomic E-state index is 0.262. The molecule has 3 aromatic rings. The highest BCUT2D eigenvalue weighted by atomic mass is 16.5. The summed E-state index contributed by atoms with van der Waals surface area (Å²) in [5.74, 6) is -1.27. The van der Waals surface area contributed by atoms with Crippen LogP contribution in [-0.4, -0.2) is 35.5 Å². The monoisotopic (exact) mass is 415 g/mol. The van der Waals surface area contributed by atoms with Crippen LogP contribution in [0.5, 0.6) is 5.75 Å². The smallest absolute Gasteiger partial charge is 0.238 e. The molecule has 2 aliphatic rings. The summed E-state index contributed by atoms with van der Waals surface area (Å²) in [5, 5.41) is 5.72. The zero-order chi connectivity index (χ0) is 21.6. The number of nitrogens with two attached hydrogens (primary N) is 1. The molecule has 0 spiro atoms. The quantitative estimate of drug-likeness (QED) is 0.625. The number of rotatable bonds is 5. The van der Waals surface area contributed by atoms with Crippen molar-refractivity contribution in [2.75, 3.05) is 18.4 Å². The summed E-state index contributed by atoms with van der Waals surface area (Å²) in [6.07, 6.45) is 0.539. The summed E-state index contributed by atoms with van der Waals surface area (Å²) in [6.45, 7) is 2.84. The van der Waals surface area contributed by atoms with Gasteiger partial charge in [-0.1, -0.05) is 54.6 Å². The number of ether oxygens (including phenoxy) is 1. The van der Waals surface area contributed by atoms with Crippen molar-refractivity contribution in [3.05, 3.63) is 72.3 Å². The molecule has 3 aromatic carbocycles. The van der Waals surface area contributed by atoms with E-state index >= 15 is 0 Å². The Morgan fingerprint density at radius 2 is 1.87 bits per heavy atom. The summed E-state index contributed by atoms with van der Waals surface area (Å²) in [6, 6.07) is 21.9. The number of primary amides is 1. The molecule has 2 bridgehead atoms. The molecule has 3 N–H and O–H groups in total. The van der Waals surface area contributed by atoms with E-state index in [0.717, 1.165) is 22.0 Å². The highest BCUT2D eigenvalue weighted by Gasteiger charge is 2.55. The van der Waals surface area contributed by atoms with Crippen LogP contribution in [0.25, 0.3) is 10.8 Å². The van der Waals surface area contributed by atoms with Crippen molar-refractivity contribution >= 4 is 28.3 Å². The highest BCUT2D eigenvalue weighted by Crippen LogP contribution is 2.49. The number of para-hydroxylation sites is 1. The van der Waals surface area contributed by atoms with Crippen LogP contribution >= 0.6 is 0 Å². The molecule has 1 fully saturated rings. The molecular weight excluding hydrogens is 390 g/mol. The van der Waals surface area contributed by atoms with Crippen molar-refractivity contribution in [1.29, 1.82) is 0 Å². The van der Waals surface area contributed by atoms with Crippen LogP contribution in [0.3, 0.4) is 0 Å². The molecule has 1 saturated heterocycles. The lowest BCUT2D eigenvalue weighted by Gasteiger charge is -2.52. The fraction of sp³-hybridized carbons (Fsp3) is 0.280. The number of anilines is 1. The van der Waals surface area contributed by atoms with Gasteiger partial charge in [0.2, 0.25) is 11.8 Å². The Kier molecular flexibility index (Phi) is 4.58. The number of amides is 2. The molecular formula is C25H25N3O3. The first-order valence-corrected chi connectivity index (χ1v) is 10.6. The van der Waals surface area contributed by atoms with Crippen LogP contribution in [-0.2, 0) is 9.59 Å². The SMILES string of the molecule is CC12CC(c3ccccc3O1)C(C(N)=O)C(=O)N2CCNc1cccc2ccccc12. The maximum absolute atomic E-state index is 13.4. The minimum atomic E-state index is -0.879. The van der Waals surface area contributed by atoms with Gasteiger partial charge in [0.15, 0.2) is 5.72 Å². The molecule has 3 atom stereocenters. The number of nitrogens with zero attached hydrogens (tertiary/aromatic N) is 1. The second-order valence-corrected chi connectivity index (χ2v) is 8.45. The molecule has 158 valence electrons. The van der Waals surface area contributed by atoms with Gasteiger partial charge in [-0.15, -0.1) is 0 Å². The van der Waals surface area contributed by atoms with E-state index < -0.39 is 17.6 Å². The molecule has 0 saturated carbocycles. The Balaban J connectivity index is 1.41. The lowest BCUT2D eigenvalue weighted by molar-refractivity contribution is -0.174. The largest absolute Gasteiger partial charge is 0.468 e. The number of hydrogen-bond donors (Lipinski definition) is 2. The Hall–Kier alpha value is -3.54. The topological polar surface area (TPSA) is 84.7 Å². The molecule has 6 nitrogen and oxygen atoms in total. The van der Waals surface area contributed by atoms with E-state index in [1.54, 1.807) is 4.90 Å². The summed E-state index contributed by atoms with van der Waals surface area (Å²) < 4.78 is 6.30. The second-order valence-electron chi connectivity index (χ2n) is 8.45. The van der Waals surface area contributed by atoms with Crippen LogP contribution in [0.1, 0.15) is 24.8 Å². The van der Waals surface area contributed by atoms with Crippen LogP contribution in [0.15, 0.2) is 66.7 Å². The molecule has 2 amide bonds. The van der Waals surface area contributed by atoms with E-state index in [-0.39, 0.29) is 11.8 Å². The second kappa shape index (κ2) is 7.30. The van der Waals surface area contributed by atoms with Crippen LogP contribution in [0, 0.1) is 5.92 Å². The number of benzene rings is 3. The average molecular weight is 415 g/mol. The van der Waals surface area contributed by atoms with Crippen molar-refractivity contribution in [1.82, 2.24) is 4.90 Å². The lowest BCUT2D eigenvalue weighted by Crippen LogP contribution is -2.65. The maximum atomic E-state index is 13.4. The standard InChI is InChI=1S/C25H25N3O3/c1-25-15-19(18-10-4-5-12-21(18)31-25)22(23(26)29)24(30)28(25)14-13-27-20-11-6-8-16-7-2-3-9-17(16)20/h2-12,19,22,27H,13-15H2,1H3,(H2,26,29). The highest BCUT2D eigenvalue weighted by molar-refractivity contribution is 6.02. The van der Waals surface area contributed by atoms with E-state index in [1.807, 2.05) is 55.5 Å². The third-order valence-corrected chi connectivity index (χ3v) is 6.50. The molecule has 2 heterocycles. The fourth-order valence-electron chi connectivity index (χ4n) is 5.06. The van der Waals surface area contributed by atoms with Gasteiger partial charge in [-0.3, -0.25) is 9.59 Å². The van der Waals surface area contributed by atoms with Gasteiger partial charge in [-0.05, 0) is 30.0 Å². The van der Waals surface area contributed by atoms with Gasteiger partial charge in [0.25, 0.3) is 0 Å². The number of likely N-dealkylation sites (tertiary alicyclic amines) is 1. The predicted octanol–water partition coefficient (Wildman–Crippen LogP) is 3.48. The van der Waals surface area contributed by atoms with Gasteiger partial charge < -0.3 is 20.7 Å². The minimum Gasteiger partial charge on any atom is -0.468 e. The van der Waals surface area contributed by atoms with Crippen molar-refractivity contribution in [2.24, 2.45) is 11.7 Å². The first-order valence-electron chi connectivity index (χ1n) is 10.6. The summed E-state index contributed by atoms with van der Waals surface area (Å²) in [7, 11) is 0. The van der Waals surface area contributed by atoms with Crippen LogP contribution in [0.4, 0.5) is 5.69 Å². The van der Waals surface area contributed by atoms with E-state index in [0.29, 0.717) is 25.3 Å². The molecule has 0 aromatic heterocycles. The number of piperidine rings is 1. The summed E-state index contributed by atoms with van der Waals surface area (Å²) in [4.78, 5) is 27.3. The van der Waals surface area contributed by atoms with Crippen molar-refractivity contribution in [3.63, 3.8) is 0 Å². The number of carbonyl (C=O) groups excluding carboxylic acids is 2. The number of hydrogen-bond acceptors (Lipinski definition) is 4. The maximum Gasteiger partial charge on any atom is 0.238 e. The van der Waals surface area contributed by atoms with Gasteiger partial charge in [0.1, 0.15) is 11.7 Å². The summed E-state index contributed by atoms with van der Waals surface area (Å²) in [5.41, 5.74) is 6.76. The van der Waals surface area contributed by atoms with E-state index in [2.05, 4.69) is 23.5 Å². The van der Waals surface area contributed by atoms with E-state index in [9.17, 15) is 9.59 Å². The molecule has 0 aliphatic carbocycles. The zero-order valence-electron chi connectivity index (χ0n) is 17.4. The van der Waals surface area contributed by atoms with Gasteiger partial charge >= 0.3 is 0 Å². The normalized spacial score (nSPS) is 24.4. The predicted molar refractivity (Wildman–Crippen MR) is 120 cm³/mol. The van der Waals surface area contributed by atoms with E-state index in [4.69, 9.17) is 10.5 Å². The number of fused-ring (bicyclic) bond motifs is 5. The van der Waals surface area contributed by atoms with Gasteiger partial charge in [0, 0.05) is 36.5 Å². The average Bonchev–Trinajstić information content (AvgIpc) is 2.75. The van der Waals surface area contributed by atoms with Crippen molar-refractivity contribution in [3.8, 4) is 5.75 Å². The van der Waals surface area contributed by atoms with E-state index in [1.165, 1.54) is 0 Å². The first-order chi connectivity index (χ1) is 15.0. The van der Waals surface area contributed by atoms with Gasteiger partial charge in [-0.25, -0.2) is 0 Å². The molecule has 3 unspecified atom stereocenters. The van der Waals surface area contributed by atoms with Gasteiger partial charge in [-0.2, -0.15) is 0 Å². The molecule has 5 rings (SSSR count). The Morgan fingerprint density at radius 3 is 2.71 bits per heavy atom. The lowest BCUT2D eigenvalue weighted by atomic mass is 9.73. The Labute approximate surface area is 181 Å². The molecule has 6 heteroatoms. The first kappa shape index (κ1) is 19.4. The molecule has 31 heavy (non-hydrogen) atoms. The molecule has 2 aliphatic heterocycles. The number of carbonyl (C=O) groups is 2. The van der Waals surface area contributed by atoms with Crippen molar-refractivity contribution in [2.45, 2.75) is 25.0 Å². The van der Waals surface area contributed by atoms with Gasteiger partial charge in [0.05, 0.1) is 0 Å². The van der Waals surface area contributed by atoms with Crippen LogP contribution < -0.4 is 15.8 Å². The third kappa shape index (κ3) is 3.19. The Bertz CT molecular complexity index is 1170. The summed E-state index contributed by atoms with van der Waals surface area (Å²) >= 11 is 0. The zero-order valence-corrected chi connectivity index (χ0v) is 17.4. The number of nitrogens with one attached hydrogen (secondary N) is 1. The molecule has 0 radical (unpaired) electrons. The van der Waals surface area contributed by atoms with Crippen LogP contribution in [0.2, 0.25) is 0 Å².